The van der Waals surface area contributed by atoms with Gasteiger partial charge in [0.1, 0.15) is 17.3 Å². The molecule has 1 amide bonds. The van der Waals surface area contributed by atoms with Crippen LogP contribution in [0.5, 0.6) is 0 Å². The number of amides is 1. The van der Waals surface area contributed by atoms with Gasteiger partial charge >= 0.3 is 0 Å². The van der Waals surface area contributed by atoms with Gasteiger partial charge in [0.15, 0.2) is 0 Å². The number of nitriles is 1. The molecule has 7 nitrogen and oxygen atoms in total. The number of hydrogen-bond donors (Lipinski definition) is 2. The summed E-state index contributed by atoms with van der Waals surface area (Å²) in [5.41, 5.74) is 1.01. The van der Waals surface area contributed by atoms with E-state index >= 15 is 0 Å². The zero-order valence-electron chi connectivity index (χ0n) is 13.1. The third-order valence-corrected chi connectivity index (χ3v) is 3.68. The van der Waals surface area contributed by atoms with Crippen molar-refractivity contribution in [3.05, 3.63) is 74.9 Å². The average molecular weight is 357 g/mol. The lowest BCUT2D eigenvalue weighted by Crippen LogP contribution is -2.15. The number of carbonyl (C=O) groups excluding carboxylic acids is 1. The summed E-state index contributed by atoms with van der Waals surface area (Å²) >= 11 is 6.01. The summed E-state index contributed by atoms with van der Waals surface area (Å²) in [7, 11) is 0. The molecule has 0 aliphatic carbocycles. The van der Waals surface area contributed by atoms with E-state index in [9.17, 15) is 14.9 Å². The Kier molecular flexibility index (Phi) is 5.71. The molecular formula is C17H13ClN4O3. The first-order valence-electron chi connectivity index (χ1n) is 7.10. The quantitative estimate of drug-likeness (QED) is 0.364. The molecule has 0 aliphatic rings. The summed E-state index contributed by atoms with van der Waals surface area (Å²) < 4.78 is 0. The summed E-state index contributed by atoms with van der Waals surface area (Å²) in [6, 6.07) is 12.6. The van der Waals surface area contributed by atoms with E-state index in [2.05, 4.69) is 10.6 Å². The van der Waals surface area contributed by atoms with Crippen LogP contribution < -0.4 is 10.6 Å². The predicted molar refractivity (Wildman–Crippen MR) is 95.2 cm³/mol. The standard InChI is InChI=1S/C17H13ClN4O3/c1-11-6-7-13(8-14(11)18)20-10-12(9-19)17(23)21-15-4-2-3-5-16(15)22(24)25/h2-8,10,20H,1H3,(H,21,23)/b12-10-. The fourth-order valence-electron chi connectivity index (χ4n) is 1.91. The minimum Gasteiger partial charge on any atom is -0.360 e. The van der Waals surface area contributed by atoms with Crippen molar-refractivity contribution in [2.24, 2.45) is 0 Å². The first-order valence-corrected chi connectivity index (χ1v) is 7.48. The van der Waals surface area contributed by atoms with E-state index in [-0.39, 0.29) is 16.9 Å². The van der Waals surface area contributed by atoms with Crippen molar-refractivity contribution in [3.8, 4) is 6.07 Å². The molecule has 0 bridgehead atoms. The van der Waals surface area contributed by atoms with E-state index in [1.54, 1.807) is 30.3 Å². The molecule has 25 heavy (non-hydrogen) atoms. The van der Waals surface area contributed by atoms with Crippen LogP contribution in [0.15, 0.2) is 54.2 Å². The summed E-state index contributed by atoms with van der Waals surface area (Å²) in [6.07, 6.45) is 1.21. The van der Waals surface area contributed by atoms with Crippen molar-refractivity contribution in [2.45, 2.75) is 6.92 Å². The number of anilines is 2. The Morgan fingerprint density at radius 3 is 2.68 bits per heavy atom. The van der Waals surface area contributed by atoms with Crippen molar-refractivity contribution >= 4 is 34.6 Å². The Labute approximate surface area is 148 Å². The van der Waals surface area contributed by atoms with Gasteiger partial charge in [0, 0.05) is 23.0 Å². The Hall–Kier alpha value is -3.37. The van der Waals surface area contributed by atoms with Crippen LogP contribution >= 0.6 is 11.6 Å². The van der Waals surface area contributed by atoms with Gasteiger partial charge in [-0.25, -0.2) is 0 Å². The lowest BCUT2D eigenvalue weighted by atomic mass is 10.2. The van der Waals surface area contributed by atoms with Gasteiger partial charge in [-0.05, 0) is 30.7 Å². The smallest absolute Gasteiger partial charge is 0.292 e. The predicted octanol–water partition coefficient (Wildman–Crippen LogP) is 4.01. The normalized spacial score (nSPS) is 10.7. The van der Waals surface area contributed by atoms with Crippen LogP contribution in [0.25, 0.3) is 0 Å². The van der Waals surface area contributed by atoms with E-state index in [0.29, 0.717) is 10.7 Å². The van der Waals surface area contributed by atoms with Crippen molar-refractivity contribution in [2.75, 3.05) is 10.6 Å². The van der Waals surface area contributed by atoms with Crippen LogP contribution in [-0.4, -0.2) is 10.8 Å². The molecule has 0 saturated heterocycles. The van der Waals surface area contributed by atoms with E-state index in [1.807, 2.05) is 6.92 Å². The third-order valence-electron chi connectivity index (χ3n) is 3.27. The molecule has 0 unspecified atom stereocenters. The second-order valence-electron chi connectivity index (χ2n) is 5.01. The fourth-order valence-corrected chi connectivity index (χ4v) is 2.10. The summed E-state index contributed by atoms with van der Waals surface area (Å²) in [5.74, 6) is -0.762. The number of aryl methyl sites for hydroxylation is 1. The van der Waals surface area contributed by atoms with E-state index in [1.165, 1.54) is 24.4 Å². The SMILES string of the molecule is Cc1ccc(N/C=C(/C#N)C(=O)Nc2ccccc2[N+](=O)[O-])cc1Cl. The molecule has 126 valence electrons. The van der Waals surface area contributed by atoms with Gasteiger partial charge in [-0.2, -0.15) is 5.26 Å². The Balaban J connectivity index is 2.17. The van der Waals surface area contributed by atoms with E-state index < -0.39 is 10.8 Å². The first kappa shape index (κ1) is 18.0. The summed E-state index contributed by atoms with van der Waals surface area (Å²) in [6.45, 7) is 1.85. The van der Waals surface area contributed by atoms with Gasteiger partial charge in [-0.1, -0.05) is 29.8 Å². The molecule has 0 saturated carbocycles. The molecule has 0 fully saturated rings. The topological polar surface area (TPSA) is 108 Å². The number of nitrogens with one attached hydrogen (secondary N) is 2. The Morgan fingerprint density at radius 2 is 2.04 bits per heavy atom. The van der Waals surface area contributed by atoms with Crippen LogP contribution in [0.4, 0.5) is 17.1 Å². The van der Waals surface area contributed by atoms with Crippen LogP contribution in [0, 0.1) is 28.4 Å². The second-order valence-corrected chi connectivity index (χ2v) is 5.41. The average Bonchev–Trinajstić information content (AvgIpc) is 2.58. The molecule has 2 rings (SSSR count). The minimum absolute atomic E-state index is 0.0111. The zero-order valence-corrected chi connectivity index (χ0v) is 13.9. The molecule has 0 atom stereocenters. The van der Waals surface area contributed by atoms with E-state index in [4.69, 9.17) is 16.9 Å². The second kappa shape index (κ2) is 7.95. The Morgan fingerprint density at radius 1 is 1.32 bits per heavy atom. The maximum absolute atomic E-state index is 12.2. The number of nitro groups is 1. The van der Waals surface area contributed by atoms with Crippen molar-refractivity contribution < 1.29 is 9.72 Å². The van der Waals surface area contributed by atoms with E-state index in [0.717, 1.165) is 5.56 Å². The van der Waals surface area contributed by atoms with Crippen molar-refractivity contribution in [1.82, 2.24) is 0 Å². The van der Waals surface area contributed by atoms with Crippen LogP contribution in [0.1, 0.15) is 5.56 Å². The number of hydrogen-bond acceptors (Lipinski definition) is 5. The monoisotopic (exact) mass is 356 g/mol. The number of benzene rings is 2. The van der Waals surface area contributed by atoms with Crippen molar-refractivity contribution in [1.29, 1.82) is 5.26 Å². The number of rotatable bonds is 5. The van der Waals surface area contributed by atoms with Crippen LogP contribution in [-0.2, 0) is 4.79 Å². The first-order chi connectivity index (χ1) is 11.9. The van der Waals surface area contributed by atoms with Gasteiger partial charge in [-0.3, -0.25) is 14.9 Å². The maximum Gasteiger partial charge on any atom is 0.292 e. The number of para-hydroxylation sites is 2. The van der Waals surface area contributed by atoms with Crippen molar-refractivity contribution in [3.63, 3.8) is 0 Å². The minimum atomic E-state index is -0.762. The molecule has 0 heterocycles. The summed E-state index contributed by atoms with van der Waals surface area (Å²) in [4.78, 5) is 22.5. The largest absolute Gasteiger partial charge is 0.360 e. The highest BCUT2D eigenvalue weighted by Gasteiger charge is 2.17. The van der Waals surface area contributed by atoms with Gasteiger partial charge in [0.05, 0.1) is 4.92 Å². The van der Waals surface area contributed by atoms with Gasteiger partial charge in [0.25, 0.3) is 11.6 Å². The molecule has 8 heteroatoms. The lowest BCUT2D eigenvalue weighted by Gasteiger charge is -2.06. The highest BCUT2D eigenvalue weighted by atomic mass is 35.5. The highest BCUT2D eigenvalue weighted by Crippen LogP contribution is 2.24. The molecule has 2 aromatic carbocycles. The summed E-state index contributed by atoms with van der Waals surface area (Å²) in [5, 5.41) is 25.8. The molecule has 0 aliphatic heterocycles. The van der Waals surface area contributed by atoms with Gasteiger partial charge < -0.3 is 10.6 Å². The molecule has 2 aromatic rings. The molecular weight excluding hydrogens is 344 g/mol. The lowest BCUT2D eigenvalue weighted by molar-refractivity contribution is -0.383. The Bertz CT molecular complexity index is 903. The zero-order chi connectivity index (χ0) is 18.4. The maximum atomic E-state index is 12.2. The molecule has 0 spiro atoms. The van der Waals surface area contributed by atoms with Crippen LogP contribution in [0.2, 0.25) is 5.02 Å². The highest BCUT2D eigenvalue weighted by molar-refractivity contribution is 6.31. The van der Waals surface area contributed by atoms with Gasteiger partial charge in [-0.15, -0.1) is 0 Å². The number of nitro benzene ring substituents is 1. The molecule has 0 radical (unpaired) electrons. The number of halogens is 1. The van der Waals surface area contributed by atoms with Crippen LogP contribution in [0.3, 0.4) is 0 Å². The third kappa shape index (κ3) is 4.56. The molecule has 0 aromatic heterocycles. The number of carbonyl (C=O) groups is 1. The fraction of sp³-hybridized carbons (Fsp3) is 0.0588. The molecule has 2 N–H and O–H groups in total. The van der Waals surface area contributed by atoms with Gasteiger partial charge in [0.2, 0.25) is 0 Å². The number of nitrogens with zero attached hydrogens (tertiary/aromatic N) is 2.